The second-order valence-electron chi connectivity index (χ2n) is 5.79. The van der Waals surface area contributed by atoms with E-state index in [0.717, 1.165) is 18.9 Å². The molecule has 1 aromatic rings. The predicted octanol–water partition coefficient (Wildman–Crippen LogP) is 2.75. The van der Waals surface area contributed by atoms with Crippen molar-refractivity contribution in [1.29, 1.82) is 0 Å². The smallest absolute Gasteiger partial charge is 0.253 e. The van der Waals surface area contributed by atoms with Crippen molar-refractivity contribution in [3.8, 4) is 0 Å². The van der Waals surface area contributed by atoms with Gasteiger partial charge in [0.25, 0.3) is 5.91 Å². The van der Waals surface area contributed by atoms with Gasteiger partial charge in [-0.05, 0) is 43.7 Å². The fourth-order valence-electron chi connectivity index (χ4n) is 2.79. The molecule has 114 valence electrons. The van der Waals surface area contributed by atoms with Crippen LogP contribution in [-0.4, -0.2) is 24.7 Å². The molecule has 1 aliphatic carbocycles. The van der Waals surface area contributed by atoms with Crippen molar-refractivity contribution in [3.05, 3.63) is 28.5 Å². The first kappa shape index (κ1) is 14.6. The van der Waals surface area contributed by atoms with Crippen molar-refractivity contribution in [2.45, 2.75) is 37.8 Å². The fraction of sp³-hybridized carbons (Fsp3) is 0.533. The minimum Gasteiger partial charge on any atom is -0.396 e. The van der Waals surface area contributed by atoms with E-state index in [-0.39, 0.29) is 34.3 Å². The molecule has 1 saturated carbocycles. The van der Waals surface area contributed by atoms with E-state index in [2.05, 4.69) is 5.32 Å². The third-order valence-electron chi connectivity index (χ3n) is 4.14. The molecule has 21 heavy (non-hydrogen) atoms. The molecule has 1 aromatic carbocycles. The highest BCUT2D eigenvalue weighted by Gasteiger charge is 2.36. The van der Waals surface area contributed by atoms with Crippen LogP contribution in [0.4, 0.5) is 10.1 Å². The Morgan fingerprint density at radius 3 is 2.86 bits per heavy atom. The van der Waals surface area contributed by atoms with Crippen LogP contribution in [0.25, 0.3) is 0 Å². The lowest BCUT2D eigenvalue weighted by Crippen LogP contribution is -2.42. The number of benzene rings is 1. The maximum Gasteiger partial charge on any atom is 0.253 e. The Balaban J connectivity index is 1.68. The van der Waals surface area contributed by atoms with Gasteiger partial charge in [-0.2, -0.15) is 0 Å². The van der Waals surface area contributed by atoms with Crippen molar-refractivity contribution in [1.82, 2.24) is 5.32 Å². The molecule has 0 radical (unpaired) electrons. The van der Waals surface area contributed by atoms with Crippen LogP contribution in [0.5, 0.6) is 0 Å². The summed E-state index contributed by atoms with van der Waals surface area (Å²) < 4.78 is 19.3. The van der Waals surface area contributed by atoms with Crippen LogP contribution in [0.1, 0.15) is 36.0 Å². The van der Waals surface area contributed by atoms with Gasteiger partial charge >= 0.3 is 0 Å². The highest BCUT2D eigenvalue weighted by atomic mass is 35.5. The Morgan fingerprint density at radius 1 is 1.38 bits per heavy atom. The van der Waals surface area contributed by atoms with Gasteiger partial charge in [0.1, 0.15) is 5.82 Å². The lowest BCUT2D eigenvalue weighted by atomic mass is 9.99. The van der Waals surface area contributed by atoms with Gasteiger partial charge in [0, 0.05) is 17.7 Å². The topological polar surface area (TPSA) is 64.4 Å². The van der Waals surface area contributed by atoms with E-state index in [1.807, 2.05) is 0 Å². The lowest BCUT2D eigenvalue weighted by Gasteiger charge is -2.30. The predicted molar refractivity (Wildman–Crippen MR) is 78.8 cm³/mol. The minimum absolute atomic E-state index is 0.0401. The van der Waals surface area contributed by atoms with Crippen LogP contribution in [-0.2, 0) is 4.74 Å². The second-order valence-corrected chi connectivity index (χ2v) is 6.23. The Bertz CT molecular complexity index is 563. The van der Waals surface area contributed by atoms with Crippen LogP contribution < -0.4 is 11.1 Å². The molecule has 2 fully saturated rings. The van der Waals surface area contributed by atoms with E-state index in [1.165, 1.54) is 18.9 Å². The molecule has 3 rings (SSSR count). The first-order valence-corrected chi connectivity index (χ1v) is 7.59. The molecular weight excluding hydrogens is 295 g/mol. The van der Waals surface area contributed by atoms with Gasteiger partial charge in [-0.25, -0.2) is 4.39 Å². The summed E-state index contributed by atoms with van der Waals surface area (Å²) in [5.41, 5.74) is 5.55. The summed E-state index contributed by atoms with van der Waals surface area (Å²) in [6, 6.07) is 2.54. The largest absolute Gasteiger partial charge is 0.396 e. The Morgan fingerprint density at radius 2 is 2.14 bits per heavy atom. The number of anilines is 1. The van der Waals surface area contributed by atoms with E-state index in [4.69, 9.17) is 22.1 Å². The quantitative estimate of drug-likeness (QED) is 0.844. The summed E-state index contributed by atoms with van der Waals surface area (Å²) in [6.45, 7) is 0.644. The molecule has 2 aliphatic rings. The third-order valence-corrected chi connectivity index (χ3v) is 4.36. The van der Waals surface area contributed by atoms with Crippen molar-refractivity contribution >= 4 is 23.2 Å². The molecule has 0 bridgehead atoms. The van der Waals surface area contributed by atoms with Gasteiger partial charge in [0.2, 0.25) is 0 Å². The number of hydrogen-bond donors (Lipinski definition) is 2. The standard InChI is InChI=1S/C15H18ClFN2O2/c16-9-5-11(14(18)12(17)6-9)15(20)19-10-3-4-21-13(7-10)8-1-2-8/h5-6,8,10,13H,1-4,7,18H2,(H,19,20)/t10-,13+/m0/s1. The number of ether oxygens (including phenoxy) is 1. The summed E-state index contributed by atoms with van der Waals surface area (Å²) in [4.78, 5) is 12.3. The molecule has 0 aromatic heterocycles. The van der Waals surface area contributed by atoms with Crippen molar-refractivity contribution in [2.75, 3.05) is 12.3 Å². The summed E-state index contributed by atoms with van der Waals surface area (Å²) in [7, 11) is 0. The zero-order valence-corrected chi connectivity index (χ0v) is 12.3. The Labute approximate surface area is 127 Å². The Hall–Kier alpha value is -1.33. The molecule has 1 amide bonds. The molecule has 4 nitrogen and oxygen atoms in total. The summed E-state index contributed by atoms with van der Waals surface area (Å²) in [6.07, 6.45) is 4.21. The second kappa shape index (κ2) is 5.81. The number of hydrogen-bond acceptors (Lipinski definition) is 3. The van der Waals surface area contributed by atoms with Crippen LogP contribution in [0.2, 0.25) is 5.02 Å². The highest BCUT2D eigenvalue weighted by molar-refractivity contribution is 6.31. The molecular formula is C15H18ClFN2O2. The maximum atomic E-state index is 13.5. The van der Waals surface area contributed by atoms with E-state index < -0.39 is 5.82 Å². The molecule has 1 heterocycles. The normalized spacial score (nSPS) is 25.6. The van der Waals surface area contributed by atoms with Gasteiger partial charge < -0.3 is 15.8 Å². The van der Waals surface area contributed by atoms with Crippen LogP contribution in [0.3, 0.4) is 0 Å². The number of carbonyl (C=O) groups is 1. The van der Waals surface area contributed by atoms with Crippen molar-refractivity contribution in [3.63, 3.8) is 0 Å². The maximum absolute atomic E-state index is 13.5. The molecule has 2 atom stereocenters. The molecule has 0 spiro atoms. The number of halogens is 2. The van der Waals surface area contributed by atoms with E-state index in [1.54, 1.807) is 0 Å². The molecule has 6 heteroatoms. The van der Waals surface area contributed by atoms with Crippen molar-refractivity contribution in [2.24, 2.45) is 5.92 Å². The summed E-state index contributed by atoms with van der Waals surface area (Å²) >= 11 is 5.79. The molecule has 1 saturated heterocycles. The van der Waals surface area contributed by atoms with Crippen LogP contribution in [0, 0.1) is 11.7 Å². The first-order valence-electron chi connectivity index (χ1n) is 7.21. The fourth-order valence-corrected chi connectivity index (χ4v) is 3.00. The summed E-state index contributed by atoms with van der Waals surface area (Å²) in [5, 5.41) is 3.08. The average molecular weight is 313 g/mol. The molecule has 3 N–H and O–H groups in total. The average Bonchev–Trinajstić information content (AvgIpc) is 3.27. The SMILES string of the molecule is Nc1c(F)cc(Cl)cc1C(=O)N[C@H]1CCO[C@@H](C2CC2)C1. The lowest BCUT2D eigenvalue weighted by molar-refractivity contribution is -0.0102. The van der Waals surface area contributed by atoms with E-state index in [9.17, 15) is 9.18 Å². The number of rotatable bonds is 3. The summed E-state index contributed by atoms with van der Waals surface area (Å²) in [5.74, 6) is -0.413. The molecule has 0 unspecified atom stereocenters. The number of nitrogens with one attached hydrogen (secondary N) is 1. The number of amides is 1. The number of nitrogens with two attached hydrogens (primary N) is 1. The number of carbonyl (C=O) groups excluding carboxylic acids is 1. The highest BCUT2D eigenvalue weighted by Crippen LogP contribution is 2.38. The number of nitrogen functional groups attached to an aromatic ring is 1. The van der Waals surface area contributed by atoms with Crippen LogP contribution in [0.15, 0.2) is 12.1 Å². The zero-order chi connectivity index (χ0) is 15.0. The van der Waals surface area contributed by atoms with Gasteiger partial charge in [-0.3, -0.25) is 4.79 Å². The van der Waals surface area contributed by atoms with E-state index in [0.29, 0.717) is 12.5 Å². The van der Waals surface area contributed by atoms with Gasteiger partial charge in [-0.1, -0.05) is 11.6 Å². The minimum atomic E-state index is -0.671. The van der Waals surface area contributed by atoms with Crippen LogP contribution >= 0.6 is 11.6 Å². The van der Waals surface area contributed by atoms with Gasteiger partial charge in [0.15, 0.2) is 0 Å². The van der Waals surface area contributed by atoms with Gasteiger partial charge in [0.05, 0.1) is 17.4 Å². The zero-order valence-electron chi connectivity index (χ0n) is 11.6. The first-order chi connectivity index (χ1) is 10.0. The molecule has 1 aliphatic heterocycles. The Kier molecular flexibility index (Phi) is 4.04. The monoisotopic (exact) mass is 312 g/mol. The third kappa shape index (κ3) is 3.30. The van der Waals surface area contributed by atoms with Crippen molar-refractivity contribution < 1.29 is 13.9 Å². The van der Waals surface area contributed by atoms with Gasteiger partial charge in [-0.15, -0.1) is 0 Å². The van der Waals surface area contributed by atoms with E-state index >= 15 is 0 Å².